The molecule has 0 amide bonds. The minimum atomic E-state index is -0.869. The lowest BCUT2D eigenvalue weighted by atomic mass is 9.75. The molecule has 172 valence electrons. The van der Waals surface area contributed by atoms with Gasteiger partial charge in [-0.15, -0.1) is 0 Å². The summed E-state index contributed by atoms with van der Waals surface area (Å²) < 4.78 is 0. The van der Waals surface area contributed by atoms with Gasteiger partial charge >= 0.3 is 11.9 Å². The minimum absolute atomic E-state index is 0.405. The summed E-state index contributed by atoms with van der Waals surface area (Å²) >= 11 is 0. The minimum Gasteiger partial charge on any atom is -0.478 e. The molecule has 0 unspecified atom stereocenters. The largest absolute Gasteiger partial charge is 0.478 e. The molecule has 34 heavy (non-hydrogen) atoms. The molecule has 0 radical (unpaired) electrons. The number of carboxylic acids is 2. The highest BCUT2D eigenvalue weighted by Gasteiger charge is 2.26. The quantitative estimate of drug-likeness (QED) is 0.331. The maximum atomic E-state index is 11.9. The highest BCUT2D eigenvalue weighted by atomic mass is 16.4. The molecule has 4 nitrogen and oxygen atoms in total. The van der Waals surface area contributed by atoms with Crippen molar-refractivity contribution in [3.63, 3.8) is 0 Å². The Balaban J connectivity index is 1.34. The Morgan fingerprint density at radius 3 is 1.35 bits per heavy atom. The molecule has 2 N–H and O–H groups in total. The zero-order chi connectivity index (χ0) is 23.7. The maximum absolute atomic E-state index is 11.9. The normalized spacial score (nSPS) is 18.2. The molecule has 1 fully saturated rings. The second kappa shape index (κ2) is 9.30. The summed E-state index contributed by atoms with van der Waals surface area (Å²) in [5, 5.41) is 23.8. The third-order valence-electron chi connectivity index (χ3n) is 7.49. The average Bonchev–Trinajstić information content (AvgIpc) is 2.85. The first-order valence-corrected chi connectivity index (χ1v) is 12.0. The fourth-order valence-corrected chi connectivity index (χ4v) is 5.73. The summed E-state index contributed by atoms with van der Waals surface area (Å²) in [6, 6.07) is 23.3. The molecule has 4 aromatic carbocycles. The zero-order valence-electron chi connectivity index (χ0n) is 19.0. The van der Waals surface area contributed by atoms with Gasteiger partial charge in [-0.05, 0) is 95.2 Å². The van der Waals surface area contributed by atoms with E-state index >= 15 is 0 Å². The van der Waals surface area contributed by atoms with Gasteiger partial charge in [0.05, 0.1) is 11.1 Å². The lowest BCUT2D eigenvalue weighted by Gasteiger charge is -2.30. The molecule has 0 aliphatic heterocycles. The highest BCUT2D eigenvalue weighted by molar-refractivity contribution is 5.98. The average molecular weight is 453 g/mol. The van der Waals surface area contributed by atoms with E-state index in [0.29, 0.717) is 23.0 Å². The first-order valence-electron chi connectivity index (χ1n) is 12.0. The van der Waals surface area contributed by atoms with Crippen LogP contribution < -0.4 is 0 Å². The third-order valence-corrected chi connectivity index (χ3v) is 7.49. The monoisotopic (exact) mass is 452 g/mol. The molecular formula is C30H28O4. The predicted molar refractivity (Wildman–Crippen MR) is 135 cm³/mol. The lowest BCUT2D eigenvalue weighted by molar-refractivity contribution is 0.0684. The molecule has 0 aromatic heterocycles. The Kier molecular flexibility index (Phi) is 6.06. The van der Waals surface area contributed by atoms with Gasteiger partial charge in [0, 0.05) is 0 Å². The van der Waals surface area contributed by atoms with Crippen molar-refractivity contribution < 1.29 is 19.8 Å². The number of fused-ring (bicyclic) bond motifs is 2. The van der Waals surface area contributed by atoms with E-state index in [1.54, 1.807) is 12.1 Å². The van der Waals surface area contributed by atoms with E-state index < -0.39 is 11.9 Å². The molecular weight excluding hydrogens is 424 g/mol. The molecule has 0 saturated heterocycles. The van der Waals surface area contributed by atoms with Crippen LogP contribution in [-0.2, 0) is 12.8 Å². The number of benzene rings is 4. The Morgan fingerprint density at radius 1 is 0.588 bits per heavy atom. The number of rotatable bonds is 6. The Morgan fingerprint density at radius 2 is 0.971 bits per heavy atom. The van der Waals surface area contributed by atoms with Crippen molar-refractivity contribution in [3.8, 4) is 0 Å². The second-order valence-corrected chi connectivity index (χ2v) is 9.53. The molecule has 1 aliphatic rings. The van der Waals surface area contributed by atoms with E-state index in [2.05, 4.69) is 0 Å². The van der Waals surface area contributed by atoms with E-state index in [1.807, 2.05) is 60.7 Å². The number of carboxylic acid groups (broad SMARTS) is 2. The highest BCUT2D eigenvalue weighted by Crippen LogP contribution is 2.37. The van der Waals surface area contributed by atoms with Gasteiger partial charge in [0.1, 0.15) is 0 Å². The smallest absolute Gasteiger partial charge is 0.335 e. The van der Waals surface area contributed by atoms with E-state index in [0.717, 1.165) is 71.2 Å². The first kappa shape index (κ1) is 22.1. The van der Waals surface area contributed by atoms with Gasteiger partial charge in [-0.2, -0.15) is 0 Å². The van der Waals surface area contributed by atoms with Gasteiger partial charge in [0.2, 0.25) is 0 Å². The molecule has 1 saturated carbocycles. The first-order chi connectivity index (χ1) is 16.5. The standard InChI is InChI=1S/C30H28O4/c31-29(32)25-15-13-21-5-1-3-7-23(21)27(25)17-19-9-11-20(12-10-19)18-28-24-8-4-2-6-22(24)14-16-26(28)30(33)34/h1-8,13-16,19-20H,9-12,17-18H2,(H,31,32)(H,33,34). The molecule has 4 heteroatoms. The van der Waals surface area contributed by atoms with E-state index in [1.165, 1.54) is 0 Å². The van der Waals surface area contributed by atoms with Gasteiger partial charge in [0.25, 0.3) is 0 Å². The number of hydrogen-bond donors (Lipinski definition) is 2. The number of carbonyl (C=O) groups is 2. The summed E-state index contributed by atoms with van der Waals surface area (Å²) in [5.41, 5.74) is 2.69. The fraction of sp³-hybridized carbons (Fsp3) is 0.267. The second-order valence-electron chi connectivity index (χ2n) is 9.53. The molecule has 1 aliphatic carbocycles. The Bertz CT molecular complexity index is 1270. The molecule has 0 heterocycles. The van der Waals surface area contributed by atoms with Gasteiger partial charge in [0.15, 0.2) is 0 Å². The van der Waals surface area contributed by atoms with Crippen LogP contribution in [0.5, 0.6) is 0 Å². The van der Waals surface area contributed by atoms with Crippen LogP contribution in [0.2, 0.25) is 0 Å². The van der Waals surface area contributed by atoms with Crippen LogP contribution in [-0.4, -0.2) is 22.2 Å². The summed E-state index contributed by atoms with van der Waals surface area (Å²) in [4.78, 5) is 23.8. The molecule has 0 atom stereocenters. The van der Waals surface area contributed by atoms with Crippen molar-refractivity contribution in [1.29, 1.82) is 0 Å². The van der Waals surface area contributed by atoms with Gasteiger partial charge in [-0.25, -0.2) is 9.59 Å². The van der Waals surface area contributed by atoms with E-state index in [4.69, 9.17) is 0 Å². The number of hydrogen-bond acceptors (Lipinski definition) is 2. The maximum Gasteiger partial charge on any atom is 0.335 e. The van der Waals surface area contributed by atoms with E-state index in [-0.39, 0.29) is 0 Å². The van der Waals surface area contributed by atoms with Crippen LogP contribution in [0.15, 0.2) is 72.8 Å². The Hall–Kier alpha value is -3.66. The van der Waals surface area contributed by atoms with Crippen LogP contribution in [0.1, 0.15) is 57.5 Å². The molecule has 0 spiro atoms. The van der Waals surface area contributed by atoms with Crippen LogP contribution in [0.4, 0.5) is 0 Å². The van der Waals surface area contributed by atoms with Crippen LogP contribution in [0.25, 0.3) is 21.5 Å². The van der Waals surface area contributed by atoms with Crippen molar-refractivity contribution in [2.45, 2.75) is 38.5 Å². The van der Waals surface area contributed by atoms with Crippen LogP contribution >= 0.6 is 0 Å². The van der Waals surface area contributed by atoms with Crippen LogP contribution in [0, 0.1) is 11.8 Å². The Labute approximate surface area is 198 Å². The van der Waals surface area contributed by atoms with Crippen LogP contribution in [0.3, 0.4) is 0 Å². The predicted octanol–water partition coefficient (Wildman–Crippen LogP) is 6.98. The van der Waals surface area contributed by atoms with Crippen molar-refractivity contribution >= 4 is 33.5 Å². The third kappa shape index (κ3) is 4.28. The van der Waals surface area contributed by atoms with Gasteiger partial charge < -0.3 is 10.2 Å². The van der Waals surface area contributed by atoms with Gasteiger partial charge in [-0.3, -0.25) is 0 Å². The number of aromatic carboxylic acids is 2. The lowest BCUT2D eigenvalue weighted by Crippen LogP contribution is -2.20. The molecule has 0 bridgehead atoms. The van der Waals surface area contributed by atoms with Crippen molar-refractivity contribution in [1.82, 2.24) is 0 Å². The topological polar surface area (TPSA) is 74.6 Å². The fourth-order valence-electron chi connectivity index (χ4n) is 5.73. The van der Waals surface area contributed by atoms with Gasteiger partial charge in [-0.1, -0.05) is 60.7 Å². The summed E-state index contributed by atoms with van der Waals surface area (Å²) in [6.45, 7) is 0. The van der Waals surface area contributed by atoms with Crippen molar-refractivity contribution in [2.24, 2.45) is 11.8 Å². The molecule has 5 rings (SSSR count). The summed E-state index contributed by atoms with van der Waals surface area (Å²) in [5.74, 6) is -0.864. The van der Waals surface area contributed by atoms with Crippen molar-refractivity contribution in [2.75, 3.05) is 0 Å². The summed E-state index contributed by atoms with van der Waals surface area (Å²) in [6.07, 6.45) is 5.65. The molecule has 4 aromatic rings. The van der Waals surface area contributed by atoms with E-state index in [9.17, 15) is 19.8 Å². The zero-order valence-corrected chi connectivity index (χ0v) is 19.0. The SMILES string of the molecule is O=C(O)c1ccc2ccccc2c1CC1CCC(Cc2c(C(=O)O)ccc3ccccc23)CC1. The summed E-state index contributed by atoms with van der Waals surface area (Å²) in [7, 11) is 0. The van der Waals surface area contributed by atoms with Crippen molar-refractivity contribution in [3.05, 3.63) is 95.1 Å².